The molecule has 7 heteroatoms. The number of ether oxygens (including phenoxy) is 1. The molecule has 0 saturated heterocycles. The van der Waals surface area contributed by atoms with Gasteiger partial charge in [0.25, 0.3) is 5.91 Å². The van der Waals surface area contributed by atoms with Crippen LogP contribution >= 0.6 is 0 Å². The summed E-state index contributed by atoms with van der Waals surface area (Å²) in [5, 5.41) is 2.96. The summed E-state index contributed by atoms with van der Waals surface area (Å²) in [7, 11) is 1.58. The van der Waals surface area contributed by atoms with Gasteiger partial charge in [0.2, 0.25) is 5.91 Å². The van der Waals surface area contributed by atoms with E-state index in [1.54, 1.807) is 42.3 Å². The molecular weight excluding hydrogens is 469 g/mol. The van der Waals surface area contributed by atoms with E-state index < -0.39 is 12.0 Å². The van der Waals surface area contributed by atoms with Crippen LogP contribution in [0.3, 0.4) is 0 Å². The second kappa shape index (κ2) is 10.2. The Morgan fingerprint density at radius 1 is 0.973 bits per heavy atom. The number of aryl methyl sites for hydroxylation is 1. The highest BCUT2D eigenvalue weighted by atomic mass is 19.1. The van der Waals surface area contributed by atoms with Crippen LogP contribution in [-0.2, 0) is 11.3 Å². The van der Waals surface area contributed by atoms with Gasteiger partial charge in [-0.15, -0.1) is 0 Å². The molecule has 1 aromatic heterocycles. The molecule has 0 aliphatic carbocycles. The zero-order chi connectivity index (χ0) is 25.9. The number of rotatable bonds is 6. The van der Waals surface area contributed by atoms with Crippen molar-refractivity contribution in [2.75, 3.05) is 12.4 Å². The number of anilines is 1. The summed E-state index contributed by atoms with van der Waals surface area (Å²) in [6, 6.07) is 25.4. The Morgan fingerprint density at radius 3 is 2.41 bits per heavy atom. The number of nitrogens with zero attached hydrogens (tertiary/aromatic N) is 2. The number of aromatic nitrogens is 1. The average Bonchev–Trinajstić information content (AvgIpc) is 2.91. The third kappa shape index (κ3) is 4.93. The van der Waals surface area contributed by atoms with Gasteiger partial charge in [0.15, 0.2) is 0 Å². The molecule has 0 bridgehead atoms. The van der Waals surface area contributed by atoms with E-state index in [1.165, 1.54) is 12.1 Å². The van der Waals surface area contributed by atoms with Gasteiger partial charge in [-0.25, -0.2) is 9.37 Å². The Balaban J connectivity index is 1.63. The highest BCUT2D eigenvalue weighted by Gasteiger charge is 2.44. The van der Waals surface area contributed by atoms with Gasteiger partial charge < -0.3 is 15.0 Å². The second-order valence-corrected chi connectivity index (χ2v) is 9.00. The first-order valence-electron chi connectivity index (χ1n) is 12.0. The zero-order valence-electron chi connectivity index (χ0n) is 20.5. The van der Waals surface area contributed by atoms with Crippen LogP contribution in [0, 0.1) is 12.7 Å². The number of hydrogen-bond acceptors (Lipinski definition) is 4. The maximum atomic E-state index is 13.9. The van der Waals surface area contributed by atoms with E-state index in [1.807, 2.05) is 55.5 Å². The number of hydrogen-bond donors (Lipinski definition) is 1. The number of carbonyl (C=O) groups excluding carboxylic acids is 2. The smallest absolute Gasteiger partial charge is 0.255 e. The lowest BCUT2D eigenvalue weighted by atomic mass is 9.79. The summed E-state index contributed by atoms with van der Waals surface area (Å²) in [5.74, 6) is -0.431. The molecular formula is C30H26FN3O3. The lowest BCUT2D eigenvalue weighted by molar-refractivity contribution is -0.119. The van der Waals surface area contributed by atoms with Gasteiger partial charge >= 0.3 is 0 Å². The first-order valence-corrected chi connectivity index (χ1v) is 12.0. The lowest BCUT2D eigenvalue weighted by Crippen LogP contribution is -2.45. The summed E-state index contributed by atoms with van der Waals surface area (Å²) in [5.41, 5.74) is 3.43. The van der Waals surface area contributed by atoms with Crippen LogP contribution in [0.15, 0.2) is 91.0 Å². The summed E-state index contributed by atoms with van der Waals surface area (Å²) in [6.07, 6.45) is 0. The molecule has 0 spiro atoms. The molecule has 4 aromatic rings. The molecule has 2 heterocycles. The van der Waals surface area contributed by atoms with E-state index in [0.29, 0.717) is 22.7 Å². The number of amides is 2. The van der Waals surface area contributed by atoms with Crippen molar-refractivity contribution >= 4 is 17.6 Å². The molecule has 2 amide bonds. The van der Waals surface area contributed by atoms with Gasteiger partial charge in [0.05, 0.1) is 19.1 Å². The second-order valence-electron chi connectivity index (χ2n) is 9.00. The fraction of sp³-hybridized carbons (Fsp3) is 0.167. The lowest BCUT2D eigenvalue weighted by Gasteiger charge is -2.42. The van der Waals surface area contributed by atoms with Crippen molar-refractivity contribution in [3.05, 3.63) is 125 Å². The maximum absolute atomic E-state index is 13.9. The number of halogens is 1. The fourth-order valence-electron chi connectivity index (χ4n) is 4.83. The SMILES string of the molecule is COc1ccc(C2C(C(=O)Nc3cccc(C)n3)c3ccccc3C(=O)N2Cc2ccc(F)cc2)cc1. The van der Waals surface area contributed by atoms with Crippen molar-refractivity contribution in [2.24, 2.45) is 0 Å². The minimum absolute atomic E-state index is 0.196. The first-order chi connectivity index (χ1) is 17.9. The number of methoxy groups -OCH3 is 1. The summed E-state index contributed by atoms with van der Waals surface area (Å²) in [4.78, 5) is 33.9. The molecule has 1 aliphatic rings. The number of carbonyl (C=O) groups is 2. The zero-order valence-corrected chi connectivity index (χ0v) is 20.5. The quantitative estimate of drug-likeness (QED) is 0.375. The van der Waals surface area contributed by atoms with Crippen LogP contribution in [-0.4, -0.2) is 28.8 Å². The number of benzene rings is 3. The van der Waals surface area contributed by atoms with Crippen molar-refractivity contribution in [2.45, 2.75) is 25.4 Å². The van der Waals surface area contributed by atoms with Gasteiger partial charge in [0, 0.05) is 17.8 Å². The van der Waals surface area contributed by atoms with Crippen LogP contribution < -0.4 is 10.1 Å². The molecule has 0 fully saturated rings. The first kappa shape index (κ1) is 24.2. The Bertz CT molecular complexity index is 1440. The molecule has 0 saturated carbocycles. The van der Waals surface area contributed by atoms with Crippen LogP contribution in [0.1, 0.15) is 44.7 Å². The minimum atomic E-state index is -0.718. The number of pyridine rings is 1. The predicted octanol–water partition coefficient (Wildman–Crippen LogP) is 5.66. The van der Waals surface area contributed by atoms with E-state index in [2.05, 4.69) is 10.3 Å². The van der Waals surface area contributed by atoms with Gasteiger partial charge in [-0.3, -0.25) is 9.59 Å². The highest BCUT2D eigenvalue weighted by molar-refractivity contribution is 6.04. The number of fused-ring (bicyclic) bond motifs is 1. The van der Waals surface area contributed by atoms with Crippen molar-refractivity contribution < 1.29 is 18.7 Å². The molecule has 1 aliphatic heterocycles. The van der Waals surface area contributed by atoms with Gasteiger partial charge in [0.1, 0.15) is 17.4 Å². The van der Waals surface area contributed by atoms with E-state index >= 15 is 0 Å². The number of nitrogens with one attached hydrogen (secondary N) is 1. The fourth-order valence-corrected chi connectivity index (χ4v) is 4.83. The minimum Gasteiger partial charge on any atom is -0.497 e. The van der Waals surface area contributed by atoms with E-state index in [9.17, 15) is 14.0 Å². The van der Waals surface area contributed by atoms with Crippen LogP contribution in [0.25, 0.3) is 0 Å². The molecule has 6 nitrogen and oxygen atoms in total. The molecule has 186 valence electrons. The molecule has 0 radical (unpaired) electrons. The predicted molar refractivity (Wildman–Crippen MR) is 139 cm³/mol. The molecule has 3 aromatic carbocycles. The van der Waals surface area contributed by atoms with Crippen LogP contribution in [0.2, 0.25) is 0 Å². The molecule has 2 atom stereocenters. The summed E-state index contributed by atoms with van der Waals surface area (Å²) in [6.45, 7) is 2.06. The molecule has 1 N–H and O–H groups in total. The van der Waals surface area contributed by atoms with Crippen molar-refractivity contribution in [1.29, 1.82) is 0 Å². The third-order valence-corrected chi connectivity index (χ3v) is 6.58. The van der Waals surface area contributed by atoms with Crippen molar-refractivity contribution in [3.8, 4) is 5.75 Å². The average molecular weight is 496 g/mol. The van der Waals surface area contributed by atoms with Gasteiger partial charge in [-0.2, -0.15) is 0 Å². The normalized spacial score (nSPS) is 16.7. The molecule has 2 unspecified atom stereocenters. The Hall–Kier alpha value is -4.52. The maximum Gasteiger partial charge on any atom is 0.255 e. The van der Waals surface area contributed by atoms with Crippen LogP contribution in [0.4, 0.5) is 10.2 Å². The topological polar surface area (TPSA) is 71.5 Å². The monoisotopic (exact) mass is 495 g/mol. The molecule has 5 rings (SSSR count). The van der Waals surface area contributed by atoms with Crippen molar-refractivity contribution in [1.82, 2.24) is 9.88 Å². The Kier molecular flexibility index (Phi) is 6.68. The standard InChI is InChI=1S/C30H26FN3O3/c1-19-6-5-9-26(32-19)33-29(35)27-24-7-3-4-8-25(24)30(36)34(18-20-10-14-22(31)15-11-20)28(27)21-12-16-23(37-2)17-13-21/h3-17,27-28H,18H2,1-2H3,(H,32,33,35). The van der Waals surface area contributed by atoms with E-state index in [-0.39, 0.29) is 24.2 Å². The Morgan fingerprint density at radius 2 is 1.70 bits per heavy atom. The van der Waals surface area contributed by atoms with Crippen LogP contribution in [0.5, 0.6) is 5.75 Å². The summed E-state index contributed by atoms with van der Waals surface area (Å²) >= 11 is 0. The van der Waals surface area contributed by atoms with E-state index in [0.717, 1.165) is 16.8 Å². The highest BCUT2D eigenvalue weighted by Crippen LogP contribution is 2.44. The summed E-state index contributed by atoms with van der Waals surface area (Å²) < 4.78 is 18.9. The Labute approximate surface area is 214 Å². The van der Waals surface area contributed by atoms with Gasteiger partial charge in [-0.05, 0) is 66.1 Å². The molecule has 37 heavy (non-hydrogen) atoms. The van der Waals surface area contributed by atoms with Crippen molar-refractivity contribution in [3.63, 3.8) is 0 Å². The van der Waals surface area contributed by atoms with Gasteiger partial charge in [-0.1, -0.05) is 48.5 Å². The third-order valence-electron chi connectivity index (χ3n) is 6.58. The largest absolute Gasteiger partial charge is 0.497 e. The van der Waals surface area contributed by atoms with E-state index in [4.69, 9.17) is 4.74 Å².